The quantitative estimate of drug-likeness (QED) is 0.506. The average Bonchev–Trinajstić information content (AvgIpc) is 2.55. The maximum Gasteiger partial charge on any atom is 0.193 e. The van der Waals surface area contributed by atoms with E-state index in [4.69, 9.17) is 9.47 Å². The first kappa shape index (κ1) is 19.2. The molecule has 6 heteroatoms. The number of rotatable bonds is 9. The largest absolute Gasteiger partial charge is 0.383 e. The van der Waals surface area contributed by atoms with Gasteiger partial charge in [0, 0.05) is 60.6 Å². The zero-order valence-corrected chi connectivity index (χ0v) is 14.8. The van der Waals surface area contributed by atoms with Crippen LogP contribution in [0.1, 0.15) is 19.3 Å². The fourth-order valence-electron chi connectivity index (χ4n) is 2.62. The Balaban J connectivity index is 2.19. The lowest BCUT2D eigenvalue weighted by Gasteiger charge is -2.27. The van der Waals surface area contributed by atoms with Gasteiger partial charge in [-0.3, -0.25) is 4.99 Å². The Labute approximate surface area is 135 Å². The summed E-state index contributed by atoms with van der Waals surface area (Å²) in [7, 11) is 7.81. The average molecular weight is 314 g/mol. The van der Waals surface area contributed by atoms with E-state index in [1.807, 2.05) is 7.05 Å². The standard InChI is InChI=1S/C16H34N4O2/c1-17-16(18-8-10-19(2)11-14-21-4)20(3)9-5-15-6-12-22-13-7-15/h15H,5-14H2,1-4H3,(H,17,18). The van der Waals surface area contributed by atoms with Crippen LogP contribution >= 0.6 is 0 Å². The molecule has 1 heterocycles. The van der Waals surface area contributed by atoms with Gasteiger partial charge in [-0.2, -0.15) is 0 Å². The lowest BCUT2D eigenvalue weighted by molar-refractivity contribution is 0.0625. The van der Waals surface area contributed by atoms with Crippen molar-refractivity contribution in [2.45, 2.75) is 19.3 Å². The molecule has 1 aliphatic rings. The molecule has 0 saturated carbocycles. The predicted molar refractivity (Wildman–Crippen MR) is 91.5 cm³/mol. The van der Waals surface area contributed by atoms with Gasteiger partial charge >= 0.3 is 0 Å². The number of aliphatic imine (C=N–C) groups is 1. The fourth-order valence-corrected chi connectivity index (χ4v) is 2.62. The van der Waals surface area contributed by atoms with Crippen LogP contribution in [0.2, 0.25) is 0 Å². The van der Waals surface area contributed by atoms with E-state index in [1.54, 1.807) is 7.11 Å². The van der Waals surface area contributed by atoms with Crippen molar-refractivity contribution in [2.75, 3.05) is 74.3 Å². The summed E-state index contributed by atoms with van der Waals surface area (Å²) in [6.07, 6.45) is 3.61. The number of guanidine groups is 1. The molecule has 0 amide bonds. The van der Waals surface area contributed by atoms with Crippen LogP contribution in [-0.4, -0.2) is 90.0 Å². The molecule has 0 bridgehead atoms. The summed E-state index contributed by atoms with van der Waals surface area (Å²) in [5.74, 6) is 1.78. The zero-order chi connectivity index (χ0) is 16.2. The van der Waals surface area contributed by atoms with E-state index < -0.39 is 0 Å². The molecule has 0 atom stereocenters. The molecule has 0 spiro atoms. The summed E-state index contributed by atoms with van der Waals surface area (Å²) in [4.78, 5) is 8.86. The zero-order valence-electron chi connectivity index (χ0n) is 14.8. The van der Waals surface area contributed by atoms with Crippen LogP contribution in [0.3, 0.4) is 0 Å². The molecule has 130 valence electrons. The Bertz CT molecular complexity index is 307. The molecular formula is C16H34N4O2. The highest BCUT2D eigenvalue weighted by atomic mass is 16.5. The Morgan fingerprint density at radius 3 is 2.59 bits per heavy atom. The third-order valence-corrected chi connectivity index (χ3v) is 4.24. The van der Waals surface area contributed by atoms with E-state index in [9.17, 15) is 0 Å². The van der Waals surface area contributed by atoms with Crippen LogP contribution < -0.4 is 5.32 Å². The van der Waals surface area contributed by atoms with Crippen molar-refractivity contribution >= 4 is 5.96 Å². The van der Waals surface area contributed by atoms with Crippen molar-refractivity contribution in [3.8, 4) is 0 Å². The van der Waals surface area contributed by atoms with Crippen LogP contribution in [0, 0.1) is 5.92 Å². The normalized spacial score (nSPS) is 17.0. The lowest BCUT2D eigenvalue weighted by Crippen LogP contribution is -2.43. The van der Waals surface area contributed by atoms with Gasteiger partial charge in [-0.15, -0.1) is 0 Å². The highest BCUT2D eigenvalue weighted by Crippen LogP contribution is 2.18. The van der Waals surface area contributed by atoms with Crippen molar-refractivity contribution in [1.29, 1.82) is 0 Å². The summed E-state index contributed by atoms with van der Waals surface area (Å²) in [6, 6.07) is 0. The second-order valence-electron chi connectivity index (χ2n) is 6.04. The molecule has 1 aliphatic heterocycles. The van der Waals surface area contributed by atoms with Gasteiger partial charge < -0.3 is 24.6 Å². The van der Waals surface area contributed by atoms with Crippen LogP contribution in [0.25, 0.3) is 0 Å². The number of nitrogens with one attached hydrogen (secondary N) is 1. The minimum Gasteiger partial charge on any atom is -0.383 e. The first-order valence-electron chi connectivity index (χ1n) is 8.34. The molecular weight excluding hydrogens is 280 g/mol. The van der Waals surface area contributed by atoms with E-state index in [0.29, 0.717) is 0 Å². The van der Waals surface area contributed by atoms with Crippen molar-refractivity contribution < 1.29 is 9.47 Å². The minimum absolute atomic E-state index is 0.774. The van der Waals surface area contributed by atoms with E-state index in [0.717, 1.165) is 57.9 Å². The summed E-state index contributed by atoms with van der Waals surface area (Å²) >= 11 is 0. The SMILES string of the molecule is CN=C(NCCN(C)CCOC)N(C)CCC1CCOCC1. The Kier molecular flexibility index (Phi) is 10.2. The van der Waals surface area contributed by atoms with Gasteiger partial charge in [0.05, 0.1) is 6.61 Å². The molecule has 0 aromatic carbocycles. The van der Waals surface area contributed by atoms with Crippen LogP contribution in [0.5, 0.6) is 0 Å². The van der Waals surface area contributed by atoms with E-state index in [1.165, 1.54) is 19.3 Å². The van der Waals surface area contributed by atoms with E-state index >= 15 is 0 Å². The Morgan fingerprint density at radius 2 is 1.95 bits per heavy atom. The van der Waals surface area contributed by atoms with Crippen molar-refractivity contribution in [3.05, 3.63) is 0 Å². The molecule has 1 saturated heterocycles. The molecule has 1 rings (SSSR count). The number of nitrogens with zero attached hydrogens (tertiary/aromatic N) is 3. The van der Waals surface area contributed by atoms with Gasteiger partial charge in [0.2, 0.25) is 0 Å². The Morgan fingerprint density at radius 1 is 1.23 bits per heavy atom. The highest BCUT2D eigenvalue weighted by molar-refractivity contribution is 5.79. The molecule has 0 radical (unpaired) electrons. The number of ether oxygens (including phenoxy) is 2. The van der Waals surface area contributed by atoms with Gasteiger partial charge in [0.15, 0.2) is 5.96 Å². The summed E-state index contributed by atoms with van der Waals surface area (Å²) in [5, 5.41) is 3.43. The van der Waals surface area contributed by atoms with Gasteiger partial charge in [-0.1, -0.05) is 0 Å². The maximum absolute atomic E-state index is 5.42. The van der Waals surface area contributed by atoms with Gasteiger partial charge in [-0.05, 0) is 32.2 Å². The third-order valence-electron chi connectivity index (χ3n) is 4.24. The van der Waals surface area contributed by atoms with Crippen LogP contribution in [0.15, 0.2) is 4.99 Å². The second kappa shape index (κ2) is 11.7. The van der Waals surface area contributed by atoms with E-state index in [2.05, 4.69) is 34.2 Å². The predicted octanol–water partition coefficient (Wildman–Crippen LogP) is 0.889. The molecule has 1 fully saturated rings. The van der Waals surface area contributed by atoms with Crippen LogP contribution in [0.4, 0.5) is 0 Å². The number of likely N-dealkylation sites (N-methyl/N-ethyl adjacent to an activating group) is 1. The van der Waals surface area contributed by atoms with E-state index in [-0.39, 0.29) is 0 Å². The number of hydrogen-bond donors (Lipinski definition) is 1. The fraction of sp³-hybridized carbons (Fsp3) is 0.938. The molecule has 0 aromatic rings. The first-order valence-corrected chi connectivity index (χ1v) is 8.34. The molecule has 0 unspecified atom stereocenters. The Hall–Kier alpha value is -0.850. The highest BCUT2D eigenvalue weighted by Gasteiger charge is 2.15. The molecule has 6 nitrogen and oxygen atoms in total. The van der Waals surface area contributed by atoms with Crippen LogP contribution in [-0.2, 0) is 9.47 Å². The summed E-state index contributed by atoms with van der Waals surface area (Å²) < 4.78 is 10.5. The molecule has 22 heavy (non-hydrogen) atoms. The topological polar surface area (TPSA) is 49.3 Å². The van der Waals surface area contributed by atoms with Gasteiger partial charge in [-0.25, -0.2) is 0 Å². The maximum atomic E-state index is 5.42. The second-order valence-corrected chi connectivity index (χ2v) is 6.04. The van der Waals surface area contributed by atoms with Crippen molar-refractivity contribution in [3.63, 3.8) is 0 Å². The molecule has 1 N–H and O–H groups in total. The lowest BCUT2D eigenvalue weighted by atomic mass is 9.96. The third kappa shape index (κ3) is 7.96. The first-order chi connectivity index (χ1) is 10.7. The van der Waals surface area contributed by atoms with Crippen molar-refractivity contribution in [1.82, 2.24) is 15.1 Å². The summed E-state index contributed by atoms with van der Waals surface area (Å²) in [5.41, 5.74) is 0. The molecule has 0 aliphatic carbocycles. The number of hydrogen-bond acceptors (Lipinski definition) is 4. The van der Waals surface area contributed by atoms with Gasteiger partial charge in [0.25, 0.3) is 0 Å². The number of methoxy groups -OCH3 is 1. The molecule has 0 aromatic heterocycles. The van der Waals surface area contributed by atoms with Gasteiger partial charge in [0.1, 0.15) is 0 Å². The minimum atomic E-state index is 0.774. The monoisotopic (exact) mass is 314 g/mol. The van der Waals surface area contributed by atoms with Crippen molar-refractivity contribution in [2.24, 2.45) is 10.9 Å². The smallest absolute Gasteiger partial charge is 0.193 e. The summed E-state index contributed by atoms with van der Waals surface area (Å²) in [6.45, 7) is 6.51.